The van der Waals surface area contributed by atoms with Crippen molar-refractivity contribution in [2.75, 3.05) is 0 Å². The predicted octanol–water partition coefficient (Wildman–Crippen LogP) is 9.05. The molecule has 200 valence electrons. The van der Waals surface area contributed by atoms with E-state index in [0.717, 1.165) is 47.7 Å². The van der Waals surface area contributed by atoms with Gasteiger partial charge in [0.15, 0.2) is 22.8 Å². The number of pyridine rings is 1. The van der Waals surface area contributed by atoms with Crippen LogP contribution in [0.1, 0.15) is 96.8 Å². The Hall–Kier alpha value is -3.08. The highest BCUT2D eigenvalue weighted by molar-refractivity contribution is 6.04. The Bertz CT molecular complexity index is 1140. The molecule has 0 radical (unpaired) electrons. The van der Waals surface area contributed by atoms with Crippen LogP contribution in [-0.2, 0) is 6.54 Å². The molecule has 0 N–H and O–H groups in total. The molecule has 0 amide bonds. The number of allylic oxidation sites excluding steroid dienone is 5. The van der Waals surface area contributed by atoms with E-state index < -0.39 is 17.4 Å². The van der Waals surface area contributed by atoms with Crippen LogP contribution in [0.4, 0.5) is 8.78 Å². The van der Waals surface area contributed by atoms with Crippen LogP contribution in [0.2, 0.25) is 0 Å². The summed E-state index contributed by atoms with van der Waals surface area (Å²) >= 11 is 0. The third-order valence-corrected chi connectivity index (χ3v) is 5.04. The highest BCUT2D eigenvalue weighted by atomic mass is 19.2. The molecule has 0 bridgehead atoms. The predicted molar refractivity (Wildman–Crippen MR) is 153 cm³/mol. The zero-order valence-corrected chi connectivity index (χ0v) is 23.5. The van der Waals surface area contributed by atoms with Crippen molar-refractivity contribution >= 4 is 16.9 Å². The lowest BCUT2D eigenvalue weighted by Crippen LogP contribution is -2.21. The van der Waals surface area contributed by atoms with Crippen LogP contribution in [0.15, 0.2) is 54.0 Å². The first-order valence-electron chi connectivity index (χ1n) is 12.8. The summed E-state index contributed by atoms with van der Waals surface area (Å²) in [6.07, 6.45) is 8.03. The van der Waals surface area contributed by atoms with Crippen molar-refractivity contribution in [2.45, 2.75) is 81.7 Å². The number of aryl methyl sites for hydroxylation is 1. The first kappa shape index (κ1) is 32.9. The zero-order valence-electron chi connectivity index (χ0n) is 23.5. The van der Waals surface area contributed by atoms with Gasteiger partial charge in [-0.3, -0.25) is 9.59 Å². The first-order valence-corrected chi connectivity index (χ1v) is 12.8. The van der Waals surface area contributed by atoms with E-state index in [0.29, 0.717) is 12.1 Å². The minimum atomic E-state index is -0.877. The summed E-state index contributed by atoms with van der Waals surface area (Å²) in [6.45, 7) is 22.0. The molecule has 1 aliphatic rings. The van der Waals surface area contributed by atoms with Crippen LogP contribution in [0, 0.1) is 24.5 Å². The third-order valence-electron chi connectivity index (χ3n) is 5.04. The fourth-order valence-corrected chi connectivity index (χ4v) is 3.51. The fraction of sp³-hybridized carbons (Fsp3) is 0.419. The van der Waals surface area contributed by atoms with Gasteiger partial charge in [-0.25, -0.2) is 8.78 Å². The fourth-order valence-electron chi connectivity index (χ4n) is 3.51. The van der Waals surface area contributed by atoms with E-state index in [-0.39, 0.29) is 18.0 Å². The lowest BCUT2D eigenvalue weighted by molar-refractivity contribution is 0.104. The quantitative estimate of drug-likeness (QED) is 0.310. The molecule has 1 aliphatic heterocycles. The van der Waals surface area contributed by atoms with Crippen LogP contribution >= 0.6 is 0 Å². The summed E-state index contributed by atoms with van der Waals surface area (Å²) in [5.41, 5.74) is 2.99. The van der Waals surface area contributed by atoms with Gasteiger partial charge in [-0.1, -0.05) is 67.2 Å². The van der Waals surface area contributed by atoms with Gasteiger partial charge in [-0.15, -0.1) is 0 Å². The standard InChI is InChI=1S/C23H21F2NO2.C4H10.2C2H6.H2/c1-4-15(17-8-9-19(24)23(25)14(17)3)11-16-7-6-10-26-13-18(21(27)5-2)22(28)12-20(16)26;1-4(2)3;2*1-2;/h4-5,8-9,11-13H,2,6-7,10H2,1,3H3;4H,1-3H3;2*1-2H3;1H/b15-4-,16-11+;;;;. The van der Waals surface area contributed by atoms with Crippen LogP contribution in [0.5, 0.6) is 0 Å². The van der Waals surface area contributed by atoms with E-state index in [2.05, 4.69) is 27.4 Å². The molecule has 0 saturated carbocycles. The molecule has 5 heteroatoms. The molecule has 3 nitrogen and oxygen atoms in total. The van der Waals surface area contributed by atoms with Crippen LogP contribution in [0.25, 0.3) is 11.1 Å². The SMILES string of the molecule is C=CC(=O)c1cn2c(cc1=O)/C(=C/C(=C/C)c1ccc(F)c(F)c1C)CCC2.CC.CC.CC(C)C.[HH]. The van der Waals surface area contributed by atoms with Crippen LogP contribution in [0.3, 0.4) is 0 Å². The molecule has 1 aromatic carbocycles. The molecule has 0 saturated heterocycles. The molecule has 0 atom stereocenters. The Labute approximate surface area is 217 Å². The molecular formula is C31H45F2NO2. The summed E-state index contributed by atoms with van der Waals surface area (Å²) in [6, 6.07) is 4.14. The van der Waals surface area contributed by atoms with E-state index >= 15 is 0 Å². The molecule has 0 fully saturated rings. The highest BCUT2D eigenvalue weighted by Gasteiger charge is 2.19. The monoisotopic (exact) mass is 501 g/mol. The Kier molecular flexibility index (Phi) is 15.1. The maximum atomic E-state index is 14.0. The lowest BCUT2D eigenvalue weighted by atomic mass is 9.93. The number of fused-ring (bicyclic) bond motifs is 1. The maximum Gasteiger partial charge on any atom is 0.193 e. The summed E-state index contributed by atoms with van der Waals surface area (Å²) < 4.78 is 29.4. The molecule has 2 heterocycles. The Morgan fingerprint density at radius 3 is 2.22 bits per heavy atom. The lowest BCUT2D eigenvalue weighted by Gasteiger charge is -2.23. The average Bonchev–Trinajstić information content (AvgIpc) is 2.87. The number of benzene rings is 1. The molecule has 0 aliphatic carbocycles. The minimum absolute atomic E-state index is 0. The van der Waals surface area contributed by atoms with Crippen molar-refractivity contribution in [3.05, 3.63) is 93.4 Å². The van der Waals surface area contributed by atoms with Gasteiger partial charge in [-0.2, -0.15) is 0 Å². The highest BCUT2D eigenvalue weighted by Crippen LogP contribution is 2.31. The van der Waals surface area contributed by atoms with E-state index in [4.69, 9.17) is 0 Å². The first-order chi connectivity index (χ1) is 17.1. The topological polar surface area (TPSA) is 39.1 Å². The number of hydrogen-bond donors (Lipinski definition) is 0. The molecule has 3 rings (SSSR count). The van der Waals surface area contributed by atoms with Crippen molar-refractivity contribution in [3.8, 4) is 0 Å². The van der Waals surface area contributed by atoms with Crippen molar-refractivity contribution in [1.82, 2.24) is 4.57 Å². The van der Waals surface area contributed by atoms with Gasteiger partial charge in [0, 0.05) is 25.9 Å². The summed E-state index contributed by atoms with van der Waals surface area (Å²) in [7, 11) is 0. The van der Waals surface area contributed by atoms with E-state index in [9.17, 15) is 18.4 Å². The molecule has 36 heavy (non-hydrogen) atoms. The van der Waals surface area contributed by atoms with Crippen molar-refractivity contribution in [1.29, 1.82) is 0 Å². The third kappa shape index (κ3) is 8.85. The number of nitrogens with zero attached hydrogens (tertiary/aromatic N) is 1. The van der Waals surface area contributed by atoms with E-state index in [1.54, 1.807) is 19.2 Å². The summed E-state index contributed by atoms with van der Waals surface area (Å²) in [5.74, 6) is -1.30. The Morgan fingerprint density at radius 1 is 1.11 bits per heavy atom. The molecule has 0 spiro atoms. The number of carbonyl (C=O) groups is 1. The number of aromatic nitrogens is 1. The van der Waals surface area contributed by atoms with Gasteiger partial charge >= 0.3 is 0 Å². The summed E-state index contributed by atoms with van der Waals surface area (Å²) in [5, 5.41) is 0. The van der Waals surface area contributed by atoms with Crippen molar-refractivity contribution in [3.63, 3.8) is 0 Å². The molecule has 0 unspecified atom stereocenters. The second-order valence-corrected chi connectivity index (χ2v) is 8.48. The summed E-state index contributed by atoms with van der Waals surface area (Å²) in [4.78, 5) is 24.3. The maximum absolute atomic E-state index is 14.0. The zero-order chi connectivity index (χ0) is 28.0. The Balaban J connectivity index is 0. The molecular weight excluding hydrogens is 456 g/mol. The Morgan fingerprint density at radius 2 is 1.69 bits per heavy atom. The second-order valence-electron chi connectivity index (χ2n) is 8.48. The van der Waals surface area contributed by atoms with E-state index in [1.807, 2.05) is 51.3 Å². The van der Waals surface area contributed by atoms with Gasteiger partial charge in [0.1, 0.15) is 0 Å². The minimum Gasteiger partial charge on any atom is -0.347 e. The molecule has 1 aromatic heterocycles. The van der Waals surface area contributed by atoms with Gasteiger partial charge in [0.25, 0.3) is 0 Å². The number of carbonyl (C=O) groups excluding carboxylic acids is 1. The van der Waals surface area contributed by atoms with Gasteiger partial charge in [0.05, 0.1) is 5.56 Å². The number of ketones is 1. The normalized spacial score (nSPS) is 13.3. The number of hydrogen-bond acceptors (Lipinski definition) is 2. The van der Waals surface area contributed by atoms with Gasteiger partial charge < -0.3 is 4.57 Å². The number of halogens is 2. The number of rotatable bonds is 4. The van der Waals surface area contributed by atoms with Crippen molar-refractivity contribution < 1.29 is 15.0 Å². The van der Waals surface area contributed by atoms with Crippen molar-refractivity contribution in [2.24, 2.45) is 5.92 Å². The van der Waals surface area contributed by atoms with Gasteiger partial charge in [0.2, 0.25) is 0 Å². The van der Waals surface area contributed by atoms with Crippen LogP contribution in [-0.4, -0.2) is 10.4 Å². The van der Waals surface area contributed by atoms with Gasteiger partial charge in [-0.05, 0) is 73.1 Å². The average molecular weight is 502 g/mol. The van der Waals surface area contributed by atoms with Crippen LogP contribution < -0.4 is 5.43 Å². The largest absolute Gasteiger partial charge is 0.347 e. The smallest absolute Gasteiger partial charge is 0.193 e. The molecule has 2 aromatic rings. The second kappa shape index (κ2) is 16.6. The van der Waals surface area contributed by atoms with E-state index in [1.165, 1.54) is 6.07 Å².